The van der Waals surface area contributed by atoms with E-state index in [1.165, 1.54) is 4.90 Å². The van der Waals surface area contributed by atoms with Crippen molar-refractivity contribution in [1.82, 2.24) is 14.8 Å². The van der Waals surface area contributed by atoms with Crippen molar-refractivity contribution in [3.05, 3.63) is 29.6 Å². The molecule has 1 heterocycles. The molecule has 0 aliphatic carbocycles. The Morgan fingerprint density at radius 3 is 2.48 bits per heavy atom. The monoisotopic (exact) mass is 323 g/mol. The standard InChI is InChI=1S/C17H29N3O3/c1-13-7-8-14(9-18-13)10-19(5)11-15(21)12-20(6)16(22)23-17(2,3)4/h7-9,15,21H,10-12H2,1-6H3. The number of ether oxygens (including phenoxy) is 1. The predicted octanol–water partition coefficient (Wildman–Crippen LogP) is 2.05. The lowest BCUT2D eigenvalue weighted by Crippen LogP contribution is -2.41. The normalized spacial score (nSPS) is 13.0. The lowest BCUT2D eigenvalue weighted by molar-refractivity contribution is 0.0173. The molecule has 0 spiro atoms. The number of aryl methyl sites for hydroxylation is 1. The molecule has 0 aliphatic rings. The first kappa shape index (κ1) is 19.4. The van der Waals surface area contributed by atoms with Crippen LogP contribution in [0.1, 0.15) is 32.0 Å². The van der Waals surface area contributed by atoms with Crippen LogP contribution in [0.25, 0.3) is 0 Å². The molecule has 0 saturated heterocycles. The summed E-state index contributed by atoms with van der Waals surface area (Å²) in [5.74, 6) is 0. The maximum Gasteiger partial charge on any atom is 0.410 e. The van der Waals surface area contributed by atoms with Crippen LogP contribution < -0.4 is 0 Å². The number of aliphatic hydroxyl groups excluding tert-OH is 1. The van der Waals surface area contributed by atoms with E-state index in [0.29, 0.717) is 13.1 Å². The maximum atomic E-state index is 11.9. The number of aliphatic hydroxyl groups is 1. The van der Waals surface area contributed by atoms with Crippen molar-refractivity contribution in [2.45, 2.75) is 45.9 Å². The molecule has 23 heavy (non-hydrogen) atoms. The van der Waals surface area contributed by atoms with Gasteiger partial charge in [0.1, 0.15) is 5.60 Å². The summed E-state index contributed by atoms with van der Waals surface area (Å²) < 4.78 is 5.27. The van der Waals surface area contributed by atoms with Gasteiger partial charge in [-0.25, -0.2) is 4.79 Å². The van der Waals surface area contributed by atoms with Gasteiger partial charge in [0, 0.05) is 32.0 Å². The molecule has 1 amide bonds. The van der Waals surface area contributed by atoms with Gasteiger partial charge in [0.2, 0.25) is 0 Å². The number of aromatic nitrogens is 1. The lowest BCUT2D eigenvalue weighted by atomic mass is 10.2. The summed E-state index contributed by atoms with van der Waals surface area (Å²) in [7, 11) is 3.55. The zero-order chi connectivity index (χ0) is 17.6. The van der Waals surface area contributed by atoms with Crippen LogP contribution in [0.4, 0.5) is 4.79 Å². The quantitative estimate of drug-likeness (QED) is 0.868. The number of carbonyl (C=O) groups excluding carboxylic acids is 1. The Balaban J connectivity index is 2.41. The molecule has 130 valence electrons. The molecular weight excluding hydrogens is 294 g/mol. The van der Waals surface area contributed by atoms with Crippen LogP contribution in [0.15, 0.2) is 18.3 Å². The highest BCUT2D eigenvalue weighted by atomic mass is 16.6. The van der Waals surface area contributed by atoms with Gasteiger partial charge in [0.05, 0.1) is 12.6 Å². The van der Waals surface area contributed by atoms with Gasteiger partial charge in [-0.05, 0) is 46.4 Å². The van der Waals surface area contributed by atoms with Gasteiger partial charge in [-0.15, -0.1) is 0 Å². The fourth-order valence-corrected chi connectivity index (χ4v) is 2.12. The summed E-state index contributed by atoms with van der Waals surface area (Å²) in [4.78, 5) is 19.5. The molecule has 1 rings (SSSR count). The maximum absolute atomic E-state index is 11.9. The van der Waals surface area contributed by atoms with Crippen molar-refractivity contribution < 1.29 is 14.6 Å². The first-order chi connectivity index (χ1) is 10.6. The average molecular weight is 323 g/mol. The molecule has 1 aromatic heterocycles. The van der Waals surface area contributed by atoms with Crippen molar-refractivity contribution >= 4 is 6.09 Å². The highest BCUT2D eigenvalue weighted by Gasteiger charge is 2.21. The molecule has 0 saturated carbocycles. The molecule has 0 aliphatic heterocycles. The van der Waals surface area contributed by atoms with Crippen molar-refractivity contribution in [3.8, 4) is 0 Å². The Kier molecular flexibility index (Phi) is 6.97. The summed E-state index contributed by atoms with van der Waals surface area (Å²) in [5, 5.41) is 10.2. The summed E-state index contributed by atoms with van der Waals surface area (Å²) in [6, 6.07) is 3.99. The van der Waals surface area contributed by atoms with Crippen molar-refractivity contribution in [3.63, 3.8) is 0 Å². The zero-order valence-electron chi connectivity index (χ0n) is 15.0. The van der Waals surface area contributed by atoms with Crippen LogP contribution in [0.2, 0.25) is 0 Å². The number of rotatable bonds is 6. The van der Waals surface area contributed by atoms with E-state index in [9.17, 15) is 9.90 Å². The minimum atomic E-state index is -0.643. The second kappa shape index (κ2) is 8.26. The SMILES string of the molecule is Cc1ccc(CN(C)CC(O)CN(C)C(=O)OC(C)(C)C)cn1. The van der Waals surface area contributed by atoms with E-state index >= 15 is 0 Å². The first-order valence-electron chi connectivity index (χ1n) is 7.79. The number of hydrogen-bond donors (Lipinski definition) is 1. The molecule has 6 heteroatoms. The fraction of sp³-hybridized carbons (Fsp3) is 0.647. The van der Waals surface area contributed by atoms with Crippen molar-refractivity contribution in [1.29, 1.82) is 0 Å². The smallest absolute Gasteiger partial charge is 0.410 e. The topological polar surface area (TPSA) is 65.9 Å². The van der Waals surface area contributed by atoms with Crippen LogP contribution >= 0.6 is 0 Å². The third-order valence-electron chi connectivity index (χ3n) is 3.14. The second-order valence-electron chi connectivity index (χ2n) is 7.02. The molecular formula is C17H29N3O3. The number of carbonyl (C=O) groups is 1. The van der Waals surface area contributed by atoms with E-state index in [4.69, 9.17) is 4.74 Å². The summed E-state index contributed by atoms with van der Waals surface area (Å²) in [6.45, 7) is 8.78. The van der Waals surface area contributed by atoms with Gasteiger partial charge < -0.3 is 14.7 Å². The van der Waals surface area contributed by atoms with Crippen LogP contribution in [0.5, 0.6) is 0 Å². The predicted molar refractivity (Wildman–Crippen MR) is 90.2 cm³/mol. The highest BCUT2D eigenvalue weighted by Crippen LogP contribution is 2.10. The van der Waals surface area contributed by atoms with Crippen LogP contribution in [-0.2, 0) is 11.3 Å². The number of pyridine rings is 1. The molecule has 0 bridgehead atoms. The fourth-order valence-electron chi connectivity index (χ4n) is 2.12. The highest BCUT2D eigenvalue weighted by molar-refractivity contribution is 5.67. The Morgan fingerprint density at radius 1 is 1.30 bits per heavy atom. The molecule has 0 aromatic carbocycles. The van der Waals surface area contributed by atoms with Gasteiger partial charge in [0.15, 0.2) is 0 Å². The summed E-state index contributed by atoms with van der Waals surface area (Å²) in [6.07, 6.45) is 0.767. The minimum absolute atomic E-state index is 0.228. The van der Waals surface area contributed by atoms with Crippen LogP contribution in [-0.4, -0.2) is 64.9 Å². The summed E-state index contributed by atoms with van der Waals surface area (Å²) >= 11 is 0. The number of likely N-dealkylation sites (N-methyl/N-ethyl adjacent to an activating group) is 2. The molecule has 0 radical (unpaired) electrons. The van der Waals surface area contributed by atoms with Gasteiger partial charge in [-0.2, -0.15) is 0 Å². The number of amides is 1. The van der Waals surface area contributed by atoms with Gasteiger partial charge in [0.25, 0.3) is 0 Å². The molecule has 1 unspecified atom stereocenters. The molecule has 1 atom stereocenters. The number of hydrogen-bond acceptors (Lipinski definition) is 5. The van der Waals surface area contributed by atoms with Crippen LogP contribution in [0, 0.1) is 6.92 Å². The van der Waals surface area contributed by atoms with Gasteiger partial charge in [-0.1, -0.05) is 6.07 Å². The van der Waals surface area contributed by atoms with E-state index in [1.807, 2.05) is 58.0 Å². The van der Waals surface area contributed by atoms with E-state index < -0.39 is 17.8 Å². The Bertz CT molecular complexity index is 497. The minimum Gasteiger partial charge on any atom is -0.444 e. The van der Waals surface area contributed by atoms with E-state index in [-0.39, 0.29) is 6.54 Å². The largest absolute Gasteiger partial charge is 0.444 e. The average Bonchev–Trinajstić information content (AvgIpc) is 2.39. The molecule has 0 fully saturated rings. The lowest BCUT2D eigenvalue weighted by Gasteiger charge is -2.27. The third-order valence-corrected chi connectivity index (χ3v) is 3.14. The van der Waals surface area contributed by atoms with Crippen molar-refractivity contribution in [2.75, 3.05) is 27.2 Å². The van der Waals surface area contributed by atoms with Crippen molar-refractivity contribution in [2.24, 2.45) is 0 Å². The Hall–Kier alpha value is -1.66. The number of nitrogens with zero attached hydrogens (tertiary/aromatic N) is 3. The summed E-state index contributed by atoms with van der Waals surface area (Å²) in [5.41, 5.74) is 1.53. The molecule has 1 aromatic rings. The molecule has 1 N–H and O–H groups in total. The van der Waals surface area contributed by atoms with Crippen LogP contribution in [0.3, 0.4) is 0 Å². The van der Waals surface area contributed by atoms with E-state index in [1.54, 1.807) is 7.05 Å². The van der Waals surface area contributed by atoms with Gasteiger partial charge in [-0.3, -0.25) is 9.88 Å². The van der Waals surface area contributed by atoms with E-state index in [0.717, 1.165) is 11.3 Å². The Labute approximate surface area is 139 Å². The van der Waals surface area contributed by atoms with E-state index in [2.05, 4.69) is 4.98 Å². The van der Waals surface area contributed by atoms with Gasteiger partial charge >= 0.3 is 6.09 Å². The first-order valence-corrected chi connectivity index (χ1v) is 7.79. The zero-order valence-corrected chi connectivity index (χ0v) is 15.0. The second-order valence-corrected chi connectivity index (χ2v) is 7.02. The molecule has 6 nitrogen and oxygen atoms in total. The third kappa shape index (κ3) is 7.95. The Morgan fingerprint density at radius 2 is 1.96 bits per heavy atom.